The van der Waals surface area contributed by atoms with Gasteiger partial charge >= 0.3 is 6.03 Å². The van der Waals surface area contributed by atoms with Crippen LogP contribution in [0, 0.1) is 0 Å². The Labute approximate surface area is 135 Å². The fourth-order valence-corrected chi connectivity index (χ4v) is 1.92. The van der Waals surface area contributed by atoms with E-state index in [1.165, 1.54) is 0 Å². The normalized spacial score (nSPS) is 9.67. The Bertz CT molecular complexity index is 535. The second-order valence-electron chi connectivity index (χ2n) is 4.37. The van der Waals surface area contributed by atoms with Gasteiger partial charge in [0.1, 0.15) is 0 Å². The number of rotatable bonds is 5. The minimum Gasteiger partial charge on any atom is -0.347 e. The standard InChI is InChI=1S/C14H19ClN4OS/c1-4-16-13(20)17-11-6-5-7-12(8-11)18-14(21)19(3)9-10(2)15/h5-8H,2,4,9H2,1,3H3,(H,18,21)(H2,16,17,20). The fourth-order valence-electron chi connectivity index (χ4n) is 1.56. The Balaban J connectivity index is 2.65. The number of nitrogens with one attached hydrogen (secondary N) is 3. The number of benzene rings is 1. The molecule has 5 nitrogen and oxygen atoms in total. The number of thiocarbonyl (C=S) groups is 1. The van der Waals surface area contributed by atoms with Gasteiger partial charge < -0.3 is 20.9 Å². The second-order valence-corrected chi connectivity index (χ2v) is 5.29. The van der Waals surface area contributed by atoms with Gasteiger partial charge in [-0.15, -0.1) is 0 Å². The molecule has 3 N–H and O–H groups in total. The lowest BCUT2D eigenvalue weighted by molar-refractivity contribution is 0.252. The van der Waals surface area contributed by atoms with Gasteiger partial charge in [0.25, 0.3) is 0 Å². The largest absolute Gasteiger partial charge is 0.347 e. The molecule has 0 saturated heterocycles. The number of halogens is 1. The van der Waals surface area contributed by atoms with Gasteiger partial charge in [-0.3, -0.25) is 0 Å². The topological polar surface area (TPSA) is 56.4 Å². The molecule has 0 spiro atoms. The van der Waals surface area contributed by atoms with E-state index >= 15 is 0 Å². The number of urea groups is 1. The van der Waals surface area contributed by atoms with E-state index in [0.717, 1.165) is 5.69 Å². The maximum Gasteiger partial charge on any atom is 0.319 e. The molecule has 0 unspecified atom stereocenters. The van der Waals surface area contributed by atoms with Crippen LogP contribution in [0.1, 0.15) is 6.92 Å². The average Bonchev–Trinajstić information content (AvgIpc) is 2.38. The minimum atomic E-state index is -0.243. The molecule has 0 radical (unpaired) electrons. The lowest BCUT2D eigenvalue weighted by Gasteiger charge is -2.20. The smallest absolute Gasteiger partial charge is 0.319 e. The summed E-state index contributed by atoms with van der Waals surface area (Å²) in [5, 5.41) is 9.51. The molecule has 1 aromatic carbocycles. The number of hydrogen-bond donors (Lipinski definition) is 3. The second kappa shape index (κ2) is 8.49. The summed E-state index contributed by atoms with van der Waals surface area (Å²) in [6, 6.07) is 7.04. The lowest BCUT2D eigenvalue weighted by atomic mass is 10.3. The van der Waals surface area contributed by atoms with E-state index < -0.39 is 0 Å². The van der Waals surface area contributed by atoms with Crippen molar-refractivity contribution in [3.63, 3.8) is 0 Å². The van der Waals surface area contributed by atoms with Crippen LogP contribution in [-0.2, 0) is 0 Å². The molecule has 1 rings (SSSR count). The van der Waals surface area contributed by atoms with Crippen LogP contribution in [-0.4, -0.2) is 36.2 Å². The van der Waals surface area contributed by atoms with Crippen LogP contribution in [0.25, 0.3) is 0 Å². The maximum absolute atomic E-state index is 11.5. The minimum absolute atomic E-state index is 0.243. The highest BCUT2D eigenvalue weighted by molar-refractivity contribution is 7.80. The van der Waals surface area contributed by atoms with Gasteiger partial charge in [-0.05, 0) is 37.3 Å². The van der Waals surface area contributed by atoms with Crippen molar-refractivity contribution in [2.45, 2.75) is 6.92 Å². The van der Waals surface area contributed by atoms with Crippen molar-refractivity contribution in [3.05, 3.63) is 35.9 Å². The third-order valence-corrected chi connectivity index (χ3v) is 3.00. The van der Waals surface area contributed by atoms with Gasteiger partial charge in [-0.1, -0.05) is 24.2 Å². The molecule has 0 aliphatic rings. The van der Waals surface area contributed by atoms with Crippen LogP contribution in [0.4, 0.5) is 16.2 Å². The molecule has 1 aromatic rings. The summed E-state index contributed by atoms with van der Waals surface area (Å²) in [5.41, 5.74) is 1.46. The molecule has 0 saturated carbocycles. The van der Waals surface area contributed by atoms with E-state index in [4.69, 9.17) is 23.8 Å². The molecule has 7 heteroatoms. The molecule has 0 aliphatic carbocycles. The quantitative estimate of drug-likeness (QED) is 0.727. The van der Waals surface area contributed by atoms with Crippen LogP contribution in [0.3, 0.4) is 0 Å². The number of carbonyl (C=O) groups excluding carboxylic acids is 1. The molecule has 0 aliphatic heterocycles. The zero-order valence-electron chi connectivity index (χ0n) is 12.1. The van der Waals surface area contributed by atoms with Crippen LogP contribution in [0.15, 0.2) is 35.9 Å². The Morgan fingerprint density at radius 3 is 2.57 bits per heavy atom. The van der Waals surface area contributed by atoms with Gasteiger partial charge in [0.15, 0.2) is 5.11 Å². The van der Waals surface area contributed by atoms with Crippen LogP contribution in [0.5, 0.6) is 0 Å². The number of carbonyl (C=O) groups is 1. The Kier molecular flexibility index (Phi) is 6.98. The summed E-state index contributed by atoms with van der Waals surface area (Å²) in [7, 11) is 1.82. The average molecular weight is 327 g/mol. The number of amides is 2. The van der Waals surface area contributed by atoms with Gasteiger partial charge in [0.05, 0.1) is 6.54 Å². The first kappa shape index (κ1) is 17.3. The fraction of sp³-hybridized carbons (Fsp3) is 0.286. The van der Waals surface area contributed by atoms with Crippen molar-refractivity contribution < 1.29 is 4.79 Å². The first-order valence-corrected chi connectivity index (χ1v) is 7.21. The molecular weight excluding hydrogens is 308 g/mol. The van der Waals surface area contributed by atoms with Crippen LogP contribution >= 0.6 is 23.8 Å². The van der Waals surface area contributed by atoms with E-state index in [-0.39, 0.29) is 6.03 Å². The highest BCUT2D eigenvalue weighted by Gasteiger charge is 2.06. The van der Waals surface area contributed by atoms with E-state index in [2.05, 4.69) is 22.5 Å². The van der Waals surface area contributed by atoms with Crippen LogP contribution in [0.2, 0.25) is 0 Å². The van der Waals surface area contributed by atoms with Crippen LogP contribution < -0.4 is 16.0 Å². The van der Waals surface area contributed by atoms with Crippen molar-refractivity contribution >= 4 is 46.3 Å². The molecule has 0 atom stereocenters. The Hall–Kier alpha value is -1.79. The molecule has 21 heavy (non-hydrogen) atoms. The summed E-state index contributed by atoms with van der Waals surface area (Å²) in [6.07, 6.45) is 0. The van der Waals surface area contributed by atoms with Gasteiger partial charge in [-0.25, -0.2) is 4.79 Å². The molecule has 0 heterocycles. The van der Waals surface area contributed by atoms with Crippen molar-refractivity contribution in [1.82, 2.24) is 10.2 Å². The summed E-state index contributed by atoms with van der Waals surface area (Å²) in [4.78, 5) is 13.2. The first-order chi connectivity index (χ1) is 9.92. The predicted octanol–water partition coefficient (Wildman–Crippen LogP) is 3.21. The maximum atomic E-state index is 11.5. The Morgan fingerprint density at radius 2 is 2.00 bits per heavy atom. The van der Waals surface area contributed by atoms with E-state index in [9.17, 15) is 4.79 Å². The lowest BCUT2D eigenvalue weighted by Crippen LogP contribution is -2.32. The van der Waals surface area contributed by atoms with Crippen molar-refractivity contribution in [2.24, 2.45) is 0 Å². The predicted molar refractivity (Wildman–Crippen MR) is 93.0 cm³/mol. The van der Waals surface area contributed by atoms with Crippen molar-refractivity contribution in [1.29, 1.82) is 0 Å². The van der Waals surface area contributed by atoms with E-state index in [1.54, 1.807) is 17.0 Å². The first-order valence-electron chi connectivity index (χ1n) is 6.42. The molecule has 0 fully saturated rings. The number of anilines is 2. The highest BCUT2D eigenvalue weighted by atomic mass is 35.5. The molecule has 114 valence electrons. The number of likely N-dealkylation sites (N-methyl/N-ethyl adjacent to an activating group) is 1. The number of nitrogens with zero attached hydrogens (tertiary/aromatic N) is 1. The third kappa shape index (κ3) is 6.46. The van der Waals surface area contributed by atoms with E-state index in [1.807, 2.05) is 26.1 Å². The zero-order valence-corrected chi connectivity index (χ0v) is 13.6. The molecule has 0 bridgehead atoms. The van der Waals surface area contributed by atoms with E-state index in [0.29, 0.717) is 28.9 Å². The summed E-state index contributed by atoms with van der Waals surface area (Å²) in [5.74, 6) is 0. The summed E-state index contributed by atoms with van der Waals surface area (Å²) in [6.45, 7) is 6.52. The monoisotopic (exact) mass is 326 g/mol. The third-order valence-electron chi connectivity index (χ3n) is 2.46. The van der Waals surface area contributed by atoms with Gasteiger partial charge in [0, 0.05) is 30.0 Å². The van der Waals surface area contributed by atoms with Crippen molar-refractivity contribution in [2.75, 3.05) is 30.8 Å². The number of hydrogen-bond acceptors (Lipinski definition) is 2. The summed E-state index contributed by atoms with van der Waals surface area (Å²) >= 11 is 11.0. The highest BCUT2D eigenvalue weighted by Crippen LogP contribution is 2.15. The molecule has 0 aromatic heterocycles. The zero-order chi connectivity index (χ0) is 15.8. The van der Waals surface area contributed by atoms with Gasteiger partial charge in [-0.2, -0.15) is 0 Å². The molecule has 2 amide bonds. The molecular formula is C14H19ClN4OS. The van der Waals surface area contributed by atoms with Crippen molar-refractivity contribution in [3.8, 4) is 0 Å². The summed E-state index contributed by atoms with van der Waals surface area (Å²) < 4.78 is 0. The van der Waals surface area contributed by atoms with Gasteiger partial charge in [0.2, 0.25) is 0 Å². The Morgan fingerprint density at radius 1 is 1.38 bits per heavy atom. The SMILES string of the molecule is C=C(Cl)CN(C)C(=S)Nc1cccc(NC(=O)NCC)c1.